The van der Waals surface area contributed by atoms with E-state index in [-0.39, 0.29) is 5.91 Å². The van der Waals surface area contributed by atoms with Crippen molar-refractivity contribution in [3.05, 3.63) is 54.1 Å². The minimum Gasteiger partial charge on any atom is -0.494 e. The van der Waals surface area contributed by atoms with Crippen LogP contribution in [0.3, 0.4) is 0 Å². The monoisotopic (exact) mass is 380 g/mol. The van der Waals surface area contributed by atoms with Gasteiger partial charge in [-0.05, 0) is 48.4 Å². The molecule has 0 bridgehead atoms. The van der Waals surface area contributed by atoms with E-state index < -0.39 is 0 Å². The van der Waals surface area contributed by atoms with Crippen LogP contribution in [0, 0.1) is 0 Å². The van der Waals surface area contributed by atoms with Crippen LogP contribution >= 0.6 is 11.8 Å². The predicted octanol–water partition coefficient (Wildman–Crippen LogP) is 3.74. The van der Waals surface area contributed by atoms with Crippen molar-refractivity contribution in [2.24, 2.45) is 5.10 Å². The van der Waals surface area contributed by atoms with Gasteiger partial charge in [-0.15, -0.1) is 0 Å². The van der Waals surface area contributed by atoms with Gasteiger partial charge >= 0.3 is 0 Å². The zero-order valence-electron chi connectivity index (χ0n) is 14.8. The van der Waals surface area contributed by atoms with Gasteiger partial charge < -0.3 is 9.72 Å². The predicted molar refractivity (Wildman–Crippen MR) is 107 cm³/mol. The van der Waals surface area contributed by atoms with Gasteiger partial charge in [0.15, 0.2) is 5.16 Å². The average molecular weight is 380 g/mol. The van der Waals surface area contributed by atoms with Crippen LogP contribution in [0.5, 0.6) is 5.75 Å². The number of rotatable bonds is 7. The number of carbonyl (C=O) groups excluding carboxylic acids is 1. The van der Waals surface area contributed by atoms with E-state index in [0.717, 1.165) is 45.4 Å². The first-order chi connectivity index (χ1) is 13.3. The van der Waals surface area contributed by atoms with Crippen LogP contribution in [0.25, 0.3) is 11.0 Å². The molecule has 1 aliphatic rings. The van der Waals surface area contributed by atoms with Crippen LogP contribution in [0.15, 0.2) is 58.8 Å². The van der Waals surface area contributed by atoms with Gasteiger partial charge in [0.25, 0.3) is 0 Å². The highest BCUT2D eigenvalue weighted by Crippen LogP contribution is 2.20. The number of aromatic amines is 1. The number of H-pyrrole nitrogens is 1. The fourth-order valence-electron chi connectivity index (χ4n) is 2.84. The van der Waals surface area contributed by atoms with Crippen molar-refractivity contribution in [2.75, 3.05) is 12.4 Å². The number of carbonyl (C=O) groups is 1. The second-order valence-corrected chi connectivity index (χ2v) is 7.31. The van der Waals surface area contributed by atoms with E-state index in [1.165, 1.54) is 0 Å². The summed E-state index contributed by atoms with van der Waals surface area (Å²) in [7, 11) is 0. The number of hydrogen-bond donors (Lipinski definition) is 2. The lowest BCUT2D eigenvalue weighted by molar-refractivity contribution is -0.121. The van der Waals surface area contributed by atoms with E-state index in [4.69, 9.17) is 4.74 Å². The molecule has 3 aromatic rings. The number of benzene rings is 2. The van der Waals surface area contributed by atoms with Crippen molar-refractivity contribution in [1.82, 2.24) is 15.4 Å². The Morgan fingerprint density at radius 2 is 1.93 bits per heavy atom. The standard InChI is InChI=1S/C20H20N4O2S/c25-19-11-10-16(23-24-19)14-6-8-15(9-7-14)26-12-3-13-27-20-21-17-4-1-2-5-18(17)22-20/h1-2,4-9H,3,10-13H2,(H,21,22)(H,24,25). The smallest absolute Gasteiger partial charge is 0.240 e. The number of nitrogens with one attached hydrogen (secondary N) is 2. The molecule has 0 saturated carbocycles. The summed E-state index contributed by atoms with van der Waals surface area (Å²) in [6.07, 6.45) is 2.09. The van der Waals surface area contributed by atoms with Gasteiger partial charge in [-0.2, -0.15) is 5.10 Å². The molecule has 0 saturated heterocycles. The van der Waals surface area contributed by atoms with Gasteiger partial charge in [-0.1, -0.05) is 23.9 Å². The molecule has 1 aliphatic heterocycles. The molecule has 27 heavy (non-hydrogen) atoms. The summed E-state index contributed by atoms with van der Waals surface area (Å²) >= 11 is 1.71. The Morgan fingerprint density at radius 1 is 1.07 bits per heavy atom. The number of nitrogens with zero attached hydrogens (tertiary/aromatic N) is 2. The third kappa shape index (κ3) is 4.49. The zero-order chi connectivity index (χ0) is 18.5. The lowest BCUT2D eigenvalue weighted by Crippen LogP contribution is -2.25. The summed E-state index contributed by atoms with van der Waals surface area (Å²) in [6.45, 7) is 0.656. The third-order valence-electron chi connectivity index (χ3n) is 4.26. The summed E-state index contributed by atoms with van der Waals surface area (Å²) in [6, 6.07) is 15.9. The van der Waals surface area contributed by atoms with Gasteiger partial charge in [-0.25, -0.2) is 10.4 Å². The molecule has 0 radical (unpaired) electrons. The van der Waals surface area contributed by atoms with Gasteiger partial charge in [-0.3, -0.25) is 4.79 Å². The molecule has 138 valence electrons. The summed E-state index contributed by atoms with van der Waals surface area (Å²) in [4.78, 5) is 19.0. The molecule has 0 aliphatic carbocycles. The largest absolute Gasteiger partial charge is 0.494 e. The molecule has 0 fully saturated rings. The molecule has 1 aromatic heterocycles. The molecule has 2 heterocycles. The van der Waals surface area contributed by atoms with Crippen molar-refractivity contribution in [3.8, 4) is 5.75 Å². The number of hydrogen-bond acceptors (Lipinski definition) is 5. The van der Waals surface area contributed by atoms with Gasteiger partial charge in [0.1, 0.15) is 5.75 Å². The van der Waals surface area contributed by atoms with Crippen LogP contribution in [-0.4, -0.2) is 33.9 Å². The minimum absolute atomic E-state index is 0.0285. The Kier molecular flexibility index (Phi) is 5.39. The molecule has 7 heteroatoms. The molecule has 2 N–H and O–H groups in total. The number of para-hydroxylation sites is 2. The lowest BCUT2D eigenvalue weighted by atomic mass is 10.0. The first-order valence-electron chi connectivity index (χ1n) is 8.94. The Balaban J connectivity index is 1.21. The first kappa shape index (κ1) is 17.6. The molecule has 2 aromatic carbocycles. The number of thioether (sulfide) groups is 1. The van der Waals surface area contributed by atoms with Crippen LogP contribution in [0.1, 0.15) is 24.8 Å². The van der Waals surface area contributed by atoms with Crippen LogP contribution < -0.4 is 10.2 Å². The lowest BCUT2D eigenvalue weighted by Gasteiger charge is -2.12. The fourth-order valence-corrected chi connectivity index (χ4v) is 3.64. The minimum atomic E-state index is -0.0285. The Hall–Kier alpha value is -2.80. The number of amides is 1. The molecular weight excluding hydrogens is 360 g/mol. The molecule has 0 spiro atoms. The highest BCUT2D eigenvalue weighted by atomic mass is 32.2. The molecule has 4 rings (SSSR count). The Morgan fingerprint density at radius 3 is 2.70 bits per heavy atom. The van der Waals surface area contributed by atoms with E-state index in [1.807, 2.05) is 48.5 Å². The number of imidazole rings is 1. The quantitative estimate of drug-likeness (QED) is 0.483. The van der Waals surface area contributed by atoms with Gasteiger partial charge in [0.2, 0.25) is 5.91 Å². The average Bonchev–Trinajstić information content (AvgIpc) is 3.12. The second kappa shape index (κ2) is 8.26. The summed E-state index contributed by atoms with van der Waals surface area (Å²) in [5, 5.41) is 5.05. The fraction of sp³-hybridized carbons (Fsp3) is 0.250. The molecule has 0 unspecified atom stereocenters. The van der Waals surface area contributed by atoms with Crippen LogP contribution in [-0.2, 0) is 4.79 Å². The van der Waals surface area contributed by atoms with Crippen molar-refractivity contribution in [3.63, 3.8) is 0 Å². The topological polar surface area (TPSA) is 79.4 Å². The van der Waals surface area contributed by atoms with Gasteiger partial charge in [0, 0.05) is 18.6 Å². The highest BCUT2D eigenvalue weighted by Gasteiger charge is 2.13. The van der Waals surface area contributed by atoms with Crippen molar-refractivity contribution in [2.45, 2.75) is 24.4 Å². The summed E-state index contributed by atoms with van der Waals surface area (Å²) in [5.41, 5.74) is 6.51. The number of hydrazone groups is 1. The van der Waals surface area contributed by atoms with E-state index >= 15 is 0 Å². The normalized spacial score (nSPS) is 14.1. The maximum absolute atomic E-state index is 11.2. The summed E-state index contributed by atoms with van der Waals surface area (Å²) in [5.74, 6) is 1.75. The van der Waals surface area contributed by atoms with Crippen LogP contribution in [0.2, 0.25) is 0 Å². The van der Waals surface area contributed by atoms with Crippen LogP contribution in [0.4, 0.5) is 0 Å². The maximum atomic E-state index is 11.2. The second-order valence-electron chi connectivity index (χ2n) is 6.23. The van der Waals surface area contributed by atoms with Crippen molar-refractivity contribution in [1.29, 1.82) is 0 Å². The maximum Gasteiger partial charge on any atom is 0.240 e. The van der Waals surface area contributed by atoms with E-state index in [2.05, 4.69) is 20.5 Å². The van der Waals surface area contributed by atoms with E-state index in [0.29, 0.717) is 19.4 Å². The molecule has 6 nitrogen and oxygen atoms in total. The highest BCUT2D eigenvalue weighted by molar-refractivity contribution is 7.99. The number of ether oxygens (including phenoxy) is 1. The zero-order valence-corrected chi connectivity index (χ0v) is 15.6. The molecule has 0 atom stereocenters. The number of fused-ring (bicyclic) bond motifs is 1. The van der Waals surface area contributed by atoms with Crippen molar-refractivity contribution >= 4 is 34.4 Å². The summed E-state index contributed by atoms with van der Waals surface area (Å²) < 4.78 is 5.81. The van der Waals surface area contributed by atoms with E-state index in [1.54, 1.807) is 11.8 Å². The molecular formula is C20H20N4O2S. The number of aromatic nitrogens is 2. The molecule has 1 amide bonds. The van der Waals surface area contributed by atoms with E-state index in [9.17, 15) is 4.79 Å². The Labute approximate surface area is 161 Å². The Bertz CT molecular complexity index is 933. The SMILES string of the molecule is O=C1CCC(c2ccc(OCCCSc3nc4ccccc4[nH]3)cc2)=NN1. The van der Waals surface area contributed by atoms with Crippen molar-refractivity contribution < 1.29 is 9.53 Å². The first-order valence-corrected chi connectivity index (χ1v) is 9.93. The van der Waals surface area contributed by atoms with Gasteiger partial charge in [0.05, 0.1) is 23.4 Å². The third-order valence-corrected chi connectivity index (χ3v) is 5.22.